The Balaban J connectivity index is 1.42. The Morgan fingerprint density at radius 2 is 1.93 bits per heavy atom. The molecule has 10 nitrogen and oxygen atoms in total. The number of carbonyl (C=O) groups excluding carboxylic acids is 2. The molecule has 1 atom stereocenters. The summed E-state index contributed by atoms with van der Waals surface area (Å²) in [6.07, 6.45) is 0. The molecule has 1 fully saturated rings. The van der Waals surface area contributed by atoms with Gasteiger partial charge in [-0.05, 0) is 50.1 Å². The number of anilines is 1. The van der Waals surface area contributed by atoms with Gasteiger partial charge in [-0.2, -0.15) is 4.98 Å². The summed E-state index contributed by atoms with van der Waals surface area (Å²) in [6, 6.07) is 12.6. The van der Waals surface area contributed by atoms with Crippen LogP contribution in [-0.4, -0.2) is 70.9 Å². The van der Waals surface area contributed by atoms with Crippen LogP contribution in [0.15, 0.2) is 58.9 Å². The number of aromatic nitrogens is 3. The molecule has 1 amide bonds. The van der Waals surface area contributed by atoms with E-state index in [4.69, 9.17) is 35.9 Å². The van der Waals surface area contributed by atoms with Gasteiger partial charge in [0.05, 0.1) is 19.8 Å². The first-order chi connectivity index (χ1) is 19.9. The molecule has 216 valence electrons. The standard InChI is InChI=1S/C29H32ClN5O5S/c1-4-39-24-15-20(9-10-23(24)40-16-25(37)34-11-13-38-14-12-34)27-26(19(3)36)18(2)31-28-32-29(33-35(27)28)41-17-21-7-5-6-8-22(21)30/h5-10,15,27H,4,11-14,16-17H2,1-3H3,(H,31,32,33). The maximum atomic E-state index is 12.9. The quantitative estimate of drug-likeness (QED) is 0.332. The molecule has 3 heterocycles. The number of rotatable bonds is 10. The first kappa shape index (κ1) is 29.0. The highest BCUT2D eigenvalue weighted by atomic mass is 35.5. The number of fused-ring (bicyclic) bond motifs is 1. The van der Waals surface area contributed by atoms with Crippen molar-refractivity contribution in [1.29, 1.82) is 0 Å². The minimum atomic E-state index is -0.533. The molecule has 2 aliphatic rings. The van der Waals surface area contributed by atoms with Crippen LogP contribution in [0.3, 0.4) is 0 Å². The van der Waals surface area contributed by atoms with Gasteiger partial charge in [-0.3, -0.25) is 9.59 Å². The lowest BCUT2D eigenvalue weighted by Crippen LogP contribution is -2.43. The Hall–Kier alpha value is -3.54. The number of thioether (sulfide) groups is 1. The second kappa shape index (κ2) is 13.0. The monoisotopic (exact) mass is 597 g/mol. The van der Waals surface area contributed by atoms with Crippen molar-refractivity contribution < 1.29 is 23.8 Å². The molecule has 0 spiro atoms. The summed E-state index contributed by atoms with van der Waals surface area (Å²) in [5.41, 5.74) is 3.04. The van der Waals surface area contributed by atoms with E-state index >= 15 is 0 Å². The fourth-order valence-corrected chi connectivity index (χ4v) is 5.96. The van der Waals surface area contributed by atoms with Crippen molar-refractivity contribution in [3.8, 4) is 11.5 Å². The number of hydrogen-bond acceptors (Lipinski definition) is 9. The van der Waals surface area contributed by atoms with Gasteiger partial charge >= 0.3 is 0 Å². The van der Waals surface area contributed by atoms with Crippen molar-refractivity contribution in [1.82, 2.24) is 19.7 Å². The molecule has 1 aromatic heterocycles. The summed E-state index contributed by atoms with van der Waals surface area (Å²) < 4.78 is 18.9. The number of hydrogen-bond donors (Lipinski definition) is 1. The van der Waals surface area contributed by atoms with Crippen LogP contribution in [0.1, 0.15) is 37.9 Å². The van der Waals surface area contributed by atoms with Gasteiger partial charge in [0.15, 0.2) is 23.9 Å². The van der Waals surface area contributed by atoms with Gasteiger partial charge in [0.25, 0.3) is 5.91 Å². The zero-order valence-corrected chi connectivity index (χ0v) is 24.8. The minimum absolute atomic E-state index is 0.0826. The molecule has 2 aromatic carbocycles. The number of ether oxygens (including phenoxy) is 3. The lowest BCUT2D eigenvalue weighted by molar-refractivity contribution is -0.137. The number of nitrogens with one attached hydrogen (secondary N) is 1. The lowest BCUT2D eigenvalue weighted by atomic mass is 9.93. The van der Waals surface area contributed by atoms with Crippen molar-refractivity contribution in [2.45, 2.75) is 37.7 Å². The van der Waals surface area contributed by atoms with Gasteiger partial charge in [0, 0.05) is 35.1 Å². The molecule has 0 bridgehead atoms. The van der Waals surface area contributed by atoms with Gasteiger partial charge in [0.1, 0.15) is 6.04 Å². The van der Waals surface area contributed by atoms with Crippen LogP contribution in [-0.2, 0) is 20.1 Å². The first-order valence-electron chi connectivity index (χ1n) is 13.4. The van der Waals surface area contributed by atoms with E-state index in [-0.39, 0.29) is 18.3 Å². The second-order valence-electron chi connectivity index (χ2n) is 9.59. The van der Waals surface area contributed by atoms with Crippen LogP contribution in [0.2, 0.25) is 5.02 Å². The smallest absolute Gasteiger partial charge is 0.260 e. The van der Waals surface area contributed by atoms with Crippen molar-refractivity contribution in [2.24, 2.45) is 0 Å². The molecular weight excluding hydrogens is 566 g/mol. The van der Waals surface area contributed by atoms with Crippen LogP contribution in [0, 0.1) is 0 Å². The largest absolute Gasteiger partial charge is 0.490 e. The molecule has 1 N–H and O–H groups in total. The lowest BCUT2D eigenvalue weighted by Gasteiger charge is -2.28. The van der Waals surface area contributed by atoms with Crippen molar-refractivity contribution in [3.63, 3.8) is 0 Å². The fourth-order valence-electron chi connectivity index (χ4n) is 4.84. The maximum Gasteiger partial charge on any atom is 0.260 e. The Morgan fingerprint density at radius 1 is 1.15 bits per heavy atom. The van der Waals surface area contributed by atoms with E-state index < -0.39 is 6.04 Å². The number of morpholine rings is 1. The highest BCUT2D eigenvalue weighted by Gasteiger charge is 2.33. The van der Waals surface area contributed by atoms with Crippen molar-refractivity contribution >= 4 is 41.0 Å². The number of allylic oxidation sites excluding steroid dienone is 2. The van der Waals surface area contributed by atoms with Crippen LogP contribution in [0.5, 0.6) is 11.5 Å². The van der Waals surface area contributed by atoms with E-state index in [1.807, 2.05) is 50.2 Å². The average molecular weight is 598 g/mol. The van der Waals surface area contributed by atoms with Crippen LogP contribution in [0.25, 0.3) is 0 Å². The third-order valence-corrected chi connectivity index (χ3v) is 8.08. The Kier molecular flexibility index (Phi) is 9.16. The maximum absolute atomic E-state index is 12.9. The molecule has 3 aromatic rings. The van der Waals surface area contributed by atoms with E-state index in [2.05, 4.69) is 5.32 Å². The number of carbonyl (C=O) groups is 2. The van der Waals surface area contributed by atoms with Crippen LogP contribution >= 0.6 is 23.4 Å². The van der Waals surface area contributed by atoms with Gasteiger partial charge in [-0.15, -0.1) is 5.10 Å². The molecule has 1 unspecified atom stereocenters. The molecule has 0 saturated carbocycles. The molecule has 1 saturated heterocycles. The van der Waals surface area contributed by atoms with E-state index in [0.29, 0.717) is 77.6 Å². The normalized spacial score (nSPS) is 16.7. The number of halogens is 1. The summed E-state index contributed by atoms with van der Waals surface area (Å²) >= 11 is 7.80. The van der Waals surface area contributed by atoms with E-state index in [1.54, 1.807) is 22.6 Å². The first-order valence-corrected chi connectivity index (χ1v) is 14.8. The minimum Gasteiger partial charge on any atom is -0.490 e. The Morgan fingerprint density at radius 3 is 2.66 bits per heavy atom. The van der Waals surface area contributed by atoms with Gasteiger partial charge in [-0.25, -0.2) is 4.68 Å². The highest BCUT2D eigenvalue weighted by Crippen LogP contribution is 2.40. The average Bonchev–Trinajstić information content (AvgIpc) is 3.38. The number of nitrogens with zero attached hydrogens (tertiary/aromatic N) is 4. The molecule has 5 rings (SSSR count). The SMILES string of the molecule is CCOc1cc(C2C(C(C)=O)=C(C)Nc3nc(SCc4ccccc4Cl)nn32)ccc1OCC(=O)N1CCOCC1. The third kappa shape index (κ3) is 6.52. The van der Waals surface area contributed by atoms with Gasteiger partial charge in [0.2, 0.25) is 11.1 Å². The number of benzene rings is 2. The summed E-state index contributed by atoms with van der Waals surface area (Å²) in [4.78, 5) is 31.9. The van der Waals surface area contributed by atoms with E-state index in [9.17, 15) is 9.59 Å². The summed E-state index contributed by atoms with van der Waals surface area (Å²) in [5, 5.41) is 9.26. The Labute approximate surface area is 248 Å². The predicted molar refractivity (Wildman–Crippen MR) is 157 cm³/mol. The Bertz CT molecular complexity index is 1470. The number of amides is 1. The summed E-state index contributed by atoms with van der Waals surface area (Å²) in [5.74, 6) is 1.88. The van der Waals surface area contributed by atoms with E-state index in [0.717, 1.165) is 11.1 Å². The summed E-state index contributed by atoms with van der Waals surface area (Å²) in [7, 11) is 0. The zero-order valence-electron chi connectivity index (χ0n) is 23.2. The fraction of sp³-hybridized carbons (Fsp3) is 0.379. The third-order valence-electron chi connectivity index (χ3n) is 6.83. The second-order valence-corrected chi connectivity index (χ2v) is 10.9. The summed E-state index contributed by atoms with van der Waals surface area (Å²) in [6.45, 7) is 7.72. The molecule has 2 aliphatic heterocycles. The van der Waals surface area contributed by atoms with Crippen molar-refractivity contribution in [2.75, 3.05) is 44.8 Å². The van der Waals surface area contributed by atoms with Crippen molar-refractivity contribution in [3.05, 3.63) is 69.9 Å². The number of Topliss-reactive ketones (excluding diaryl/α,β-unsaturated/α-hetero) is 1. The predicted octanol–water partition coefficient (Wildman–Crippen LogP) is 4.74. The highest BCUT2D eigenvalue weighted by molar-refractivity contribution is 7.98. The van der Waals surface area contributed by atoms with Crippen LogP contribution < -0.4 is 14.8 Å². The van der Waals surface area contributed by atoms with Crippen LogP contribution in [0.4, 0.5) is 5.95 Å². The number of ketones is 1. The van der Waals surface area contributed by atoms with E-state index in [1.165, 1.54) is 11.8 Å². The molecule has 12 heteroatoms. The zero-order chi connectivity index (χ0) is 28.9. The molecule has 0 radical (unpaired) electrons. The topological polar surface area (TPSA) is 108 Å². The molecular formula is C29H32ClN5O5S. The van der Waals surface area contributed by atoms with Gasteiger partial charge < -0.3 is 24.4 Å². The molecule has 41 heavy (non-hydrogen) atoms. The molecule has 0 aliphatic carbocycles. The van der Waals surface area contributed by atoms with Gasteiger partial charge in [-0.1, -0.05) is 47.6 Å².